The lowest BCUT2D eigenvalue weighted by Crippen LogP contribution is -2.42. The van der Waals surface area contributed by atoms with E-state index in [0.717, 1.165) is 18.3 Å². The molecule has 1 heterocycles. The van der Waals surface area contributed by atoms with Gasteiger partial charge in [-0.3, -0.25) is 4.79 Å². The molecule has 1 amide bonds. The number of amides is 1. The summed E-state index contributed by atoms with van der Waals surface area (Å²) in [5.41, 5.74) is 0.490. The van der Waals surface area contributed by atoms with Crippen molar-refractivity contribution >= 4 is 29.2 Å². The largest absolute Gasteiger partial charge is 0.573 e. The van der Waals surface area contributed by atoms with Crippen molar-refractivity contribution in [1.29, 1.82) is 0 Å². The fraction of sp³-hybridized carbons (Fsp3) is 0.190. The summed E-state index contributed by atoms with van der Waals surface area (Å²) in [7, 11) is 0. The Labute approximate surface area is 179 Å². The van der Waals surface area contributed by atoms with Crippen molar-refractivity contribution in [3.63, 3.8) is 0 Å². The molecule has 11 heteroatoms. The van der Waals surface area contributed by atoms with Crippen molar-refractivity contribution in [3.8, 4) is 5.75 Å². The van der Waals surface area contributed by atoms with E-state index in [4.69, 9.17) is 9.47 Å². The average molecular weight is 450 g/mol. The zero-order valence-corrected chi connectivity index (χ0v) is 16.8. The molecule has 0 saturated carbocycles. The second-order valence-corrected chi connectivity index (χ2v) is 6.99. The van der Waals surface area contributed by atoms with Crippen LogP contribution in [-0.2, 0) is 19.1 Å². The minimum absolute atomic E-state index is 0.207. The molecule has 0 atom stereocenters. The first-order valence-electron chi connectivity index (χ1n) is 9.12. The maximum Gasteiger partial charge on any atom is 0.573 e. The van der Waals surface area contributed by atoms with Gasteiger partial charge >= 0.3 is 18.3 Å². The van der Waals surface area contributed by atoms with Crippen LogP contribution in [0.5, 0.6) is 5.75 Å². The quantitative estimate of drug-likeness (QED) is 0.404. The highest BCUT2D eigenvalue weighted by molar-refractivity contribution is 6.15. The Balaban J connectivity index is 1.66. The molecule has 0 spiro atoms. The summed E-state index contributed by atoms with van der Waals surface area (Å²) < 4.78 is 50.4. The number of cyclic esters (lactones) is 2. The number of carbonyl (C=O) groups is 3. The van der Waals surface area contributed by atoms with E-state index < -0.39 is 35.7 Å². The molecule has 32 heavy (non-hydrogen) atoms. The summed E-state index contributed by atoms with van der Waals surface area (Å²) in [5, 5.41) is 5.26. The van der Waals surface area contributed by atoms with Gasteiger partial charge in [-0.05, 0) is 42.5 Å². The van der Waals surface area contributed by atoms with E-state index >= 15 is 0 Å². The molecule has 0 radical (unpaired) electrons. The molecule has 1 aliphatic heterocycles. The van der Waals surface area contributed by atoms with Crippen LogP contribution in [0.25, 0.3) is 0 Å². The molecular formula is C21H17F3N2O6. The van der Waals surface area contributed by atoms with Crippen molar-refractivity contribution in [2.75, 3.05) is 10.6 Å². The van der Waals surface area contributed by atoms with Gasteiger partial charge in [-0.25, -0.2) is 9.59 Å². The molecule has 2 aromatic carbocycles. The number of carbonyl (C=O) groups excluding carboxylic acids is 3. The summed E-state index contributed by atoms with van der Waals surface area (Å²) in [4.78, 5) is 36.4. The van der Waals surface area contributed by atoms with Crippen LogP contribution in [-0.4, -0.2) is 30.0 Å². The zero-order valence-electron chi connectivity index (χ0n) is 16.8. The number of benzene rings is 2. The van der Waals surface area contributed by atoms with Gasteiger partial charge in [0.25, 0.3) is 11.7 Å². The summed E-state index contributed by atoms with van der Waals surface area (Å²) >= 11 is 0. The van der Waals surface area contributed by atoms with Gasteiger partial charge in [-0.15, -0.1) is 13.2 Å². The van der Waals surface area contributed by atoms with E-state index in [2.05, 4.69) is 15.4 Å². The van der Waals surface area contributed by atoms with Gasteiger partial charge in [0.05, 0.1) is 0 Å². The van der Waals surface area contributed by atoms with Gasteiger partial charge in [0.1, 0.15) is 5.75 Å². The van der Waals surface area contributed by atoms with Crippen LogP contribution < -0.4 is 15.4 Å². The normalized spacial score (nSPS) is 15.3. The van der Waals surface area contributed by atoms with Gasteiger partial charge in [0.2, 0.25) is 0 Å². The number of nitrogens with one attached hydrogen (secondary N) is 2. The third-order valence-electron chi connectivity index (χ3n) is 3.97. The Morgan fingerprint density at radius 2 is 1.62 bits per heavy atom. The van der Waals surface area contributed by atoms with Gasteiger partial charge in [0.15, 0.2) is 5.57 Å². The standard InChI is InChI=1S/C21H17F3N2O6/c1-20(2)31-18(28)16(19(29)32-20)11-25-14-5-3-4-12(10-14)17(27)26-13-6-8-15(9-7-13)30-21(22,23)24/h3-11,25H,1-2H3,(H,26,27). The van der Waals surface area contributed by atoms with Crippen molar-refractivity contribution in [2.45, 2.75) is 26.0 Å². The van der Waals surface area contributed by atoms with E-state index in [1.54, 1.807) is 12.1 Å². The van der Waals surface area contributed by atoms with E-state index in [-0.39, 0.29) is 16.8 Å². The van der Waals surface area contributed by atoms with Crippen LogP contribution in [0, 0.1) is 0 Å². The molecule has 0 aromatic heterocycles. The fourth-order valence-electron chi connectivity index (χ4n) is 2.63. The summed E-state index contributed by atoms with van der Waals surface area (Å²) in [5.74, 6) is -4.03. The molecule has 8 nitrogen and oxygen atoms in total. The Hall–Kier alpha value is -4.02. The van der Waals surface area contributed by atoms with Gasteiger partial charge in [0, 0.05) is 37.0 Å². The number of hydrogen-bond acceptors (Lipinski definition) is 7. The topological polar surface area (TPSA) is 103 Å². The van der Waals surface area contributed by atoms with E-state index in [9.17, 15) is 27.6 Å². The minimum atomic E-state index is -4.81. The lowest BCUT2D eigenvalue weighted by molar-refractivity contribution is -0.274. The number of halogens is 3. The fourth-order valence-corrected chi connectivity index (χ4v) is 2.63. The molecule has 0 bridgehead atoms. The number of rotatable bonds is 5. The minimum Gasteiger partial charge on any atom is -0.419 e. The van der Waals surface area contributed by atoms with Crippen LogP contribution in [0.2, 0.25) is 0 Å². The van der Waals surface area contributed by atoms with Crippen molar-refractivity contribution in [1.82, 2.24) is 0 Å². The lowest BCUT2D eigenvalue weighted by atomic mass is 10.1. The number of anilines is 2. The molecule has 168 valence electrons. The first kappa shape index (κ1) is 22.7. The molecular weight excluding hydrogens is 433 g/mol. The Bertz CT molecular complexity index is 1060. The monoisotopic (exact) mass is 450 g/mol. The number of ether oxygens (including phenoxy) is 3. The van der Waals surface area contributed by atoms with Crippen LogP contribution in [0.4, 0.5) is 24.5 Å². The van der Waals surface area contributed by atoms with E-state index in [1.807, 2.05) is 0 Å². The molecule has 1 aliphatic rings. The molecule has 3 rings (SSSR count). The predicted molar refractivity (Wildman–Crippen MR) is 105 cm³/mol. The molecule has 2 aromatic rings. The Kier molecular flexibility index (Phi) is 6.10. The van der Waals surface area contributed by atoms with E-state index in [0.29, 0.717) is 5.69 Å². The Morgan fingerprint density at radius 1 is 1.00 bits per heavy atom. The lowest BCUT2D eigenvalue weighted by Gasteiger charge is -2.29. The van der Waals surface area contributed by atoms with Crippen LogP contribution in [0.3, 0.4) is 0 Å². The van der Waals surface area contributed by atoms with Crippen molar-refractivity contribution in [3.05, 3.63) is 65.9 Å². The summed E-state index contributed by atoms with van der Waals surface area (Å²) in [6.45, 7) is 2.85. The number of esters is 2. The van der Waals surface area contributed by atoms with Gasteiger partial charge in [-0.2, -0.15) is 0 Å². The highest BCUT2D eigenvalue weighted by Crippen LogP contribution is 2.25. The van der Waals surface area contributed by atoms with Crippen LogP contribution in [0.15, 0.2) is 60.3 Å². The molecule has 0 unspecified atom stereocenters. The zero-order chi connectivity index (χ0) is 23.5. The molecule has 1 saturated heterocycles. The average Bonchev–Trinajstić information content (AvgIpc) is 2.67. The summed E-state index contributed by atoms with van der Waals surface area (Å²) in [6.07, 6.45) is -3.70. The first-order valence-corrected chi connectivity index (χ1v) is 9.12. The molecule has 2 N–H and O–H groups in total. The predicted octanol–water partition coefficient (Wildman–Crippen LogP) is 3.97. The maximum atomic E-state index is 12.4. The Morgan fingerprint density at radius 3 is 2.22 bits per heavy atom. The van der Waals surface area contributed by atoms with Gasteiger partial charge < -0.3 is 24.8 Å². The van der Waals surface area contributed by atoms with Crippen LogP contribution in [0.1, 0.15) is 24.2 Å². The highest BCUT2D eigenvalue weighted by Gasteiger charge is 2.39. The smallest absolute Gasteiger partial charge is 0.419 e. The number of hydrogen-bond donors (Lipinski definition) is 2. The van der Waals surface area contributed by atoms with Crippen LogP contribution >= 0.6 is 0 Å². The first-order chi connectivity index (χ1) is 14.9. The van der Waals surface area contributed by atoms with Gasteiger partial charge in [-0.1, -0.05) is 6.07 Å². The van der Waals surface area contributed by atoms with E-state index in [1.165, 1.54) is 38.1 Å². The van der Waals surface area contributed by atoms with Crippen molar-refractivity contribution < 1.29 is 41.8 Å². The highest BCUT2D eigenvalue weighted by atomic mass is 19.4. The third kappa shape index (κ3) is 6.00. The van der Waals surface area contributed by atoms with Crippen molar-refractivity contribution in [2.24, 2.45) is 0 Å². The molecule has 0 aliphatic carbocycles. The second-order valence-electron chi connectivity index (χ2n) is 6.99. The summed E-state index contributed by atoms with van der Waals surface area (Å²) in [6, 6.07) is 10.7. The third-order valence-corrected chi connectivity index (χ3v) is 3.97. The SMILES string of the molecule is CC1(C)OC(=O)C(=CNc2cccc(C(=O)Nc3ccc(OC(F)(F)F)cc3)c2)C(=O)O1. The molecule has 1 fully saturated rings. The number of alkyl halides is 3. The second kappa shape index (κ2) is 8.61. The maximum absolute atomic E-state index is 12.4.